The molecule has 0 unspecified atom stereocenters. The predicted octanol–water partition coefficient (Wildman–Crippen LogP) is 6.32. The van der Waals surface area contributed by atoms with Crippen LogP contribution in [0.1, 0.15) is 5.76 Å². The zero-order valence-corrected chi connectivity index (χ0v) is 20.1. The maximum atomic E-state index is 12.0. The quantitative estimate of drug-likeness (QED) is 0.264. The van der Waals surface area contributed by atoms with Crippen molar-refractivity contribution >= 4 is 67.2 Å². The van der Waals surface area contributed by atoms with Crippen LogP contribution in [0.5, 0.6) is 11.5 Å². The van der Waals surface area contributed by atoms with Crippen molar-refractivity contribution in [3.8, 4) is 22.8 Å². The Kier molecular flexibility index (Phi) is 7.82. The van der Waals surface area contributed by atoms with Crippen LogP contribution in [-0.4, -0.2) is 25.8 Å². The van der Waals surface area contributed by atoms with E-state index >= 15 is 0 Å². The number of carbonyl (C=O) groups is 1. The summed E-state index contributed by atoms with van der Waals surface area (Å²) in [6.07, 6.45) is 1.38. The van der Waals surface area contributed by atoms with Gasteiger partial charge < -0.3 is 13.9 Å². The third kappa shape index (κ3) is 5.78. The van der Waals surface area contributed by atoms with Crippen LogP contribution in [0.2, 0.25) is 10.0 Å². The van der Waals surface area contributed by atoms with E-state index in [4.69, 9.17) is 37.1 Å². The van der Waals surface area contributed by atoms with E-state index < -0.39 is 5.91 Å². The number of benzene rings is 2. The first-order chi connectivity index (χ1) is 14.4. The van der Waals surface area contributed by atoms with Crippen LogP contribution in [0.15, 0.2) is 60.9 Å². The highest BCUT2D eigenvalue weighted by Crippen LogP contribution is 2.37. The molecule has 3 aromatic rings. The molecule has 0 aliphatic rings. The van der Waals surface area contributed by atoms with Crippen LogP contribution in [0.3, 0.4) is 0 Å². The molecule has 156 valence electrons. The topological polar surface area (TPSA) is 73.1 Å². The Bertz CT molecular complexity index is 1080. The third-order valence-electron chi connectivity index (χ3n) is 3.76. The van der Waals surface area contributed by atoms with E-state index in [1.807, 2.05) is 0 Å². The van der Waals surface area contributed by atoms with E-state index in [0.29, 0.717) is 47.6 Å². The van der Waals surface area contributed by atoms with Crippen molar-refractivity contribution in [2.24, 2.45) is 5.10 Å². The first-order valence-electron chi connectivity index (χ1n) is 8.40. The first-order valence-corrected chi connectivity index (χ1v) is 10.7. The SMILES string of the molecule is COc1cc(Br)c(OCC(=O)NN=Cc2ccc(-c3ccc(Cl)cc3Cl)o2)c(Br)c1. The predicted molar refractivity (Wildman–Crippen MR) is 124 cm³/mol. The zero-order valence-electron chi connectivity index (χ0n) is 15.4. The molecule has 0 aliphatic heterocycles. The van der Waals surface area contributed by atoms with Gasteiger partial charge in [0.1, 0.15) is 23.0 Å². The molecule has 10 heteroatoms. The van der Waals surface area contributed by atoms with Gasteiger partial charge in [-0.3, -0.25) is 4.79 Å². The van der Waals surface area contributed by atoms with Gasteiger partial charge >= 0.3 is 0 Å². The normalized spacial score (nSPS) is 11.0. The lowest BCUT2D eigenvalue weighted by molar-refractivity contribution is -0.123. The van der Waals surface area contributed by atoms with Crippen LogP contribution in [0, 0.1) is 0 Å². The van der Waals surface area contributed by atoms with Crippen molar-refractivity contribution in [1.29, 1.82) is 0 Å². The second-order valence-corrected chi connectivity index (χ2v) is 8.38. The maximum absolute atomic E-state index is 12.0. The number of halogens is 4. The molecule has 0 saturated carbocycles. The van der Waals surface area contributed by atoms with Crippen LogP contribution < -0.4 is 14.9 Å². The van der Waals surface area contributed by atoms with Gasteiger partial charge in [-0.2, -0.15) is 5.10 Å². The van der Waals surface area contributed by atoms with Crippen LogP contribution in [0.25, 0.3) is 11.3 Å². The minimum Gasteiger partial charge on any atom is -0.497 e. The summed E-state index contributed by atoms with van der Waals surface area (Å²) >= 11 is 18.8. The van der Waals surface area contributed by atoms with Crippen LogP contribution >= 0.6 is 55.1 Å². The zero-order chi connectivity index (χ0) is 21.7. The summed E-state index contributed by atoms with van der Waals surface area (Å²) in [6, 6.07) is 12.0. The van der Waals surface area contributed by atoms with Crippen LogP contribution in [0.4, 0.5) is 0 Å². The number of hydrogen-bond donors (Lipinski definition) is 1. The summed E-state index contributed by atoms with van der Waals surface area (Å²) in [7, 11) is 1.56. The average Bonchev–Trinajstić information content (AvgIpc) is 3.15. The largest absolute Gasteiger partial charge is 0.497 e. The molecule has 2 aromatic carbocycles. The molecule has 0 atom stereocenters. The van der Waals surface area contributed by atoms with Gasteiger partial charge in [-0.25, -0.2) is 5.43 Å². The van der Waals surface area contributed by atoms with E-state index in [9.17, 15) is 4.79 Å². The van der Waals surface area contributed by atoms with Gasteiger partial charge in [0.15, 0.2) is 6.61 Å². The molecule has 1 amide bonds. The maximum Gasteiger partial charge on any atom is 0.277 e. The van der Waals surface area contributed by atoms with Crippen molar-refractivity contribution in [2.45, 2.75) is 0 Å². The molecule has 3 rings (SSSR count). The summed E-state index contributed by atoms with van der Waals surface area (Å²) < 4.78 is 17.7. The summed E-state index contributed by atoms with van der Waals surface area (Å²) in [5, 5.41) is 4.89. The summed E-state index contributed by atoms with van der Waals surface area (Å²) in [5.41, 5.74) is 3.08. The third-order valence-corrected chi connectivity index (χ3v) is 5.49. The number of amides is 1. The fourth-order valence-electron chi connectivity index (χ4n) is 2.39. The van der Waals surface area contributed by atoms with Gasteiger partial charge in [0.2, 0.25) is 0 Å². The molecule has 1 aromatic heterocycles. The minimum atomic E-state index is -0.437. The molecular weight excluding hydrogens is 563 g/mol. The molecule has 30 heavy (non-hydrogen) atoms. The molecule has 6 nitrogen and oxygen atoms in total. The number of furan rings is 1. The van der Waals surface area contributed by atoms with Gasteiger partial charge in [-0.15, -0.1) is 0 Å². The number of carbonyl (C=O) groups excluding carboxylic acids is 1. The van der Waals surface area contributed by atoms with Crippen molar-refractivity contribution in [2.75, 3.05) is 13.7 Å². The molecule has 1 heterocycles. The minimum absolute atomic E-state index is 0.231. The van der Waals surface area contributed by atoms with Gasteiger partial charge in [0.05, 0.1) is 27.3 Å². The molecule has 0 radical (unpaired) electrons. The lowest BCUT2D eigenvalue weighted by Gasteiger charge is -2.11. The number of ether oxygens (including phenoxy) is 2. The highest BCUT2D eigenvalue weighted by Gasteiger charge is 2.12. The van der Waals surface area contributed by atoms with E-state index in [2.05, 4.69) is 42.4 Å². The highest BCUT2D eigenvalue weighted by atomic mass is 79.9. The Labute approximate surface area is 199 Å². The van der Waals surface area contributed by atoms with Crippen molar-refractivity contribution < 1.29 is 18.7 Å². The summed E-state index contributed by atoms with van der Waals surface area (Å²) in [5.74, 6) is 1.69. The smallest absolute Gasteiger partial charge is 0.277 e. The molecule has 0 spiro atoms. The molecule has 1 N–H and O–H groups in total. The number of methoxy groups -OCH3 is 1. The van der Waals surface area contributed by atoms with Crippen molar-refractivity contribution in [3.05, 3.63) is 67.2 Å². The number of hydrazone groups is 1. The number of nitrogens with one attached hydrogen (secondary N) is 1. The fourth-order valence-corrected chi connectivity index (χ4v) is 4.26. The van der Waals surface area contributed by atoms with Gasteiger partial charge in [0, 0.05) is 10.6 Å². The molecule has 0 bridgehead atoms. The second kappa shape index (κ2) is 10.3. The Balaban J connectivity index is 1.56. The van der Waals surface area contributed by atoms with Gasteiger partial charge in [-0.05, 0) is 74.3 Å². The van der Waals surface area contributed by atoms with E-state index in [1.165, 1.54) is 6.21 Å². The highest BCUT2D eigenvalue weighted by molar-refractivity contribution is 9.11. The molecule has 0 saturated heterocycles. The van der Waals surface area contributed by atoms with Crippen LogP contribution in [-0.2, 0) is 4.79 Å². The average molecular weight is 577 g/mol. The van der Waals surface area contributed by atoms with Gasteiger partial charge in [0.25, 0.3) is 5.91 Å². The summed E-state index contributed by atoms with van der Waals surface area (Å²) in [6.45, 7) is -0.231. The second-order valence-electron chi connectivity index (χ2n) is 5.83. The Morgan fingerprint density at radius 3 is 2.57 bits per heavy atom. The standard InChI is InChI=1S/C20H14Br2Cl2N2O4/c1-28-13-7-15(21)20(16(22)8-13)29-10-19(27)26-25-9-12-3-5-18(30-12)14-4-2-11(23)6-17(14)24/h2-9H,10H2,1H3,(H,26,27). The van der Waals surface area contributed by atoms with Crippen molar-refractivity contribution in [1.82, 2.24) is 5.43 Å². The Hall–Kier alpha value is -2.00. The monoisotopic (exact) mass is 574 g/mol. The fraction of sp³-hybridized carbons (Fsp3) is 0.100. The number of hydrogen-bond acceptors (Lipinski definition) is 5. The van der Waals surface area contributed by atoms with Gasteiger partial charge in [-0.1, -0.05) is 23.2 Å². The van der Waals surface area contributed by atoms with Crippen molar-refractivity contribution in [3.63, 3.8) is 0 Å². The molecule has 0 aliphatic carbocycles. The Morgan fingerprint density at radius 2 is 1.90 bits per heavy atom. The van der Waals surface area contributed by atoms with E-state index in [1.54, 1.807) is 49.6 Å². The summed E-state index contributed by atoms with van der Waals surface area (Å²) in [4.78, 5) is 12.0. The number of rotatable bonds is 7. The van der Waals surface area contributed by atoms with E-state index in [-0.39, 0.29) is 6.61 Å². The lowest BCUT2D eigenvalue weighted by atomic mass is 10.2. The Morgan fingerprint density at radius 1 is 1.17 bits per heavy atom. The van der Waals surface area contributed by atoms with E-state index in [0.717, 1.165) is 0 Å². The molecular formula is C20H14Br2Cl2N2O4. The molecule has 0 fully saturated rings. The number of nitrogens with zero attached hydrogens (tertiary/aromatic N) is 1. The first kappa shape index (κ1) is 22.7. The lowest BCUT2D eigenvalue weighted by Crippen LogP contribution is -2.24.